The van der Waals surface area contributed by atoms with Crippen LogP contribution in [0.25, 0.3) is 0 Å². The zero-order valence-corrected chi connectivity index (χ0v) is 17.6. The van der Waals surface area contributed by atoms with Gasteiger partial charge in [0.15, 0.2) is 6.61 Å². The number of ether oxygens (including phenoxy) is 1. The molecule has 3 rings (SSSR count). The molecule has 0 amide bonds. The Morgan fingerprint density at radius 2 is 1.80 bits per heavy atom. The van der Waals surface area contributed by atoms with Crippen LogP contribution in [0.5, 0.6) is 0 Å². The molecule has 0 saturated heterocycles. The summed E-state index contributed by atoms with van der Waals surface area (Å²) in [4.78, 5) is 24.8. The van der Waals surface area contributed by atoms with Gasteiger partial charge in [-0.1, -0.05) is 36.4 Å². The molecular weight excluding hydrogens is 422 g/mol. The predicted molar refractivity (Wildman–Crippen MR) is 117 cm³/mol. The maximum Gasteiger partial charge on any atom is 0.338 e. The van der Waals surface area contributed by atoms with Crippen LogP contribution in [-0.2, 0) is 14.8 Å². The Bertz CT molecular complexity index is 1140. The number of thiophene rings is 1. The number of anilines is 1. The fourth-order valence-electron chi connectivity index (χ4n) is 2.69. The van der Waals surface area contributed by atoms with Crippen LogP contribution in [0.4, 0.5) is 5.69 Å². The van der Waals surface area contributed by atoms with Crippen molar-refractivity contribution >= 4 is 38.8 Å². The Balaban J connectivity index is 1.81. The molecule has 0 atom stereocenters. The first-order valence-electron chi connectivity index (χ1n) is 8.96. The molecule has 0 N–H and O–H groups in total. The zero-order valence-electron chi connectivity index (χ0n) is 15.9. The van der Waals surface area contributed by atoms with Crippen LogP contribution < -0.4 is 4.31 Å². The molecule has 8 heteroatoms. The van der Waals surface area contributed by atoms with Crippen molar-refractivity contribution in [1.29, 1.82) is 0 Å². The number of hydrogen-bond donors (Lipinski definition) is 0. The Morgan fingerprint density at radius 1 is 1.03 bits per heavy atom. The van der Waals surface area contributed by atoms with E-state index >= 15 is 0 Å². The topological polar surface area (TPSA) is 80.8 Å². The number of sulfonamides is 1. The number of benzene rings is 2. The highest BCUT2D eigenvalue weighted by Gasteiger charge is 2.25. The highest BCUT2D eigenvalue weighted by atomic mass is 32.2. The van der Waals surface area contributed by atoms with Gasteiger partial charge in [0.25, 0.3) is 10.0 Å². The van der Waals surface area contributed by atoms with Crippen LogP contribution in [0.1, 0.15) is 20.0 Å². The average molecular weight is 442 g/mol. The second-order valence-electron chi connectivity index (χ2n) is 6.16. The summed E-state index contributed by atoms with van der Waals surface area (Å²) in [5.74, 6) is -1.09. The number of para-hydroxylation sites is 1. The van der Waals surface area contributed by atoms with Crippen LogP contribution in [0, 0.1) is 0 Å². The lowest BCUT2D eigenvalue weighted by molar-refractivity contribution is 0.0475. The first-order chi connectivity index (χ1) is 14.4. The van der Waals surface area contributed by atoms with Gasteiger partial charge in [-0.15, -0.1) is 17.9 Å². The number of esters is 1. The minimum absolute atomic E-state index is 0.0432. The van der Waals surface area contributed by atoms with Gasteiger partial charge < -0.3 is 4.74 Å². The van der Waals surface area contributed by atoms with E-state index in [1.54, 1.807) is 47.8 Å². The Labute approximate surface area is 179 Å². The molecule has 6 nitrogen and oxygen atoms in total. The minimum Gasteiger partial charge on any atom is -0.454 e. The lowest BCUT2D eigenvalue weighted by Crippen LogP contribution is -2.31. The van der Waals surface area contributed by atoms with E-state index in [4.69, 9.17) is 4.74 Å². The SMILES string of the molecule is C=CCN(c1ccccc1)S(=O)(=O)c1cccc(C(=O)OCC(=O)c2cccs2)c1. The minimum atomic E-state index is -3.95. The lowest BCUT2D eigenvalue weighted by atomic mass is 10.2. The van der Waals surface area contributed by atoms with Crippen LogP contribution in [0.2, 0.25) is 0 Å². The normalized spacial score (nSPS) is 10.9. The van der Waals surface area contributed by atoms with Gasteiger partial charge in [0.1, 0.15) is 0 Å². The predicted octanol–water partition coefficient (Wildman–Crippen LogP) is 4.17. The number of carbonyl (C=O) groups is 2. The van der Waals surface area contributed by atoms with Crippen LogP contribution in [0.3, 0.4) is 0 Å². The molecule has 0 spiro atoms. The molecule has 154 valence electrons. The summed E-state index contributed by atoms with van der Waals surface area (Å²) in [7, 11) is -3.95. The van der Waals surface area contributed by atoms with Gasteiger partial charge in [-0.25, -0.2) is 13.2 Å². The van der Waals surface area contributed by atoms with Crippen molar-refractivity contribution in [2.45, 2.75) is 4.90 Å². The first kappa shape index (κ1) is 21.5. The fourth-order valence-corrected chi connectivity index (χ4v) is 4.82. The molecule has 0 radical (unpaired) electrons. The Morgan fingerprint density at radius 3 is 2.47 bits per heavy atom. The number of ketones is 1. The van der Waals surface area contributed by atoms with E-state index in [1.165, 1.54) is 46.0 Å². The second-order valence-corrected chi connectivity index (χ2v) is 8.97. The summed E-state index contributed by atoms with van der Waals surface area (Å²) in [5.41, 5.74) is 0.522. The highest BCUT2D eigenvalue weighted by Crippen LogP contribution is 2.24. The molecule has 0 saturated carbocycles. The van der Waals surface area contributed by atoms with Crippen molar-refractivity contribution in [1.82, 2.24) is 0 Å². The first-order valence-corrected chi connectivity index (χ1v) is 11.3. The van der Waals surface area contributed by atoms with Gasteiger partial charge in [0.2, 0.25) is 5.78 Å². The molecule has 30 heavy (non-hydrogen) atoms. The molecule has 0 aliphatic carbocycles. The zero-order chi connectivity index (χ0) is 21.6. The molecule has 0 fully saturated rings. The largest absolute Gasteiger partial charge is 0.454 e. The van der Waals surface area contributed by atoms with Gasteiger partial charge >= 0.3 is 5.97 Å². The van der Waals surface area contributed by atoms with E-state index in [9.17, 15) is 18.0 Å². The molecule has 0 aliphatic heterocycles. The quantitative estimate of drug-likeness (QED) is 0.283. The lowest BCUT2D eigenvalue weighted by Gasteiger charge is -2.23. The summed E-state index contributed by atoms with van der Waals surface area (Å²) in [6.07, 6.45) is 1.48. The number of nitrogens with zero attached hydrogens (tertiary/aromatic N) is 1. The van der Waals surface area contributed by atoms with Crippen LogP contribution in [0.15, 0.2) is 89.7 Å². The maximum absolute atomic E-state index is 13.2. The third-order valence-electron chi connectivity index (χ3n) is 4.13. The number of rotatable bonds is 9. The van der Waals surface area contributed by atoms with Gasteiger partial charge in [-0.3, -0.25) is 9.10 Å². The summed E-state index contributed by atoms with van der Waals surface area (Å²) in [6, 6.07) is 17.5. The van der Waals surface area contributed by atoms with Crippen molar-refractivity contribution < 1.29 is 22.7 Å². The van der Waals surface area contributed by atoms with E-state index in [-0.39, 0.29) is 22.8 Å². The van der Waals surface area contributed by atoms with E-state index in [2.05, 4.69) is 6.58 Å². The van der Waals surface area contributed by atoms with Gasteiger partial charge in [0, 0.05) is 0 Å². The van der Waals surface area contributed by atoms with E-state index < -0.39 is 22.6 Å². The fraction of sp³-hybridized carbons (Fsp3) is 0.0909. The van der Waals surface area contributed by atoms with E-state index in [0.717, 1.165) is 0 Å². The number of carbonyl (C=O) groups excluding carboxylic acids is 2. The standard InChI is InChI=1S/C22H19NO5S2/c1-2-13-23(18-9-4-3-5-10-18)30(26,27)19-11-6-8-17(15-19)22(25)28-16-20(24)21-12-7-14-29-21/h2-12,14-15H,1,13,16H2. The van der Waals surface area contributed by atoms with E-state index in [1.807, 2.05) is 0 Å². The summed E-state index contributed by atoms with van der Waals surface area (Å²) < 4.78 is 32.7. The molecule has 1 heterocycles. The smallest absolute Gasteiger partial charge is 0.338 e. The third-order valence-corrected chi connectivity index (χ3v) is 6.83. The molecule has 0 unspecified atom stereocenters. The summed E-state index contributed by atoms with van der Waals surface area (Å²) in [6.45, 7) is 3.28. The molecule has 2 aromatic carbocycles. The van der Waals surface area contributed by atoms with Crippen molar-refractivity contribution in [2.24, 2.45) is 0 Å². The molecular formula is C22H19NO5S2. The average Bonchev–Trinajstić information content (AvgIpc) is 3.31. The Hall–Kier alpha value is -3.23. The van der Waals surface area contributed by atoms with Crippen LogP contribution >= 0.6 is 11.3 Å². The van der Waals surface area contributed by atoms with Crippen molar-refractivity contribution in [2.75, 3.05) is 17.5 Å². The molecule has 0 aliphatic rings. The third kappa shape index (κ3) is 4.84. The Kier molecular flexibility index (Phi) is 6.81. The summed E-state index contributed by atoms with van der Waals surface area (Å²) >= 11 is 1.26. The van der Waals surface area contributed by atoms with Crippen molar-refractivity contribution in [3.8, 4) is 0 Å². The molecule has 1 aromatic heterocycles. The molecule has 0 bridgehead atoms. The van der Waals surface area contributed by atoms with Gasteiger partial charge in [0.05, 0.1) is 27.6 Å². The van der Waals surface area contributed by atoms with Crippen LogP contribution in [-0.4, -0.2) is 33.3 Å². The highest BCUT2D eigenvalue weighted by molar-refractivity contribution is 7.92. The molecule has 3 aromatic rings. The number of hydrogen-bond acceptors (Lipinski definition) is 6. The summed E-state index contributed by atoms with van der Waals surface area (Å²) in [5, 5.41) is 1.76. The van der Waals surface area contributed by atoms with E-state index in [0.29, 0.717) is 10.6 Å². The van der Waals surface area contributed by atoms with Gasteiger partial charge in [-0.05, 0) is 41.8 Å². The monoisotopic (exact) mass is 441 g/mol. The van der Waals surface area contributed by atoms with Crippen molar-refractivity contribution in [3.63, 3.8) is 0 Å². The van der Waals surface area contributed by atoms with Crippen molar-refractivity contribution in [3.05, 3.63) is 95.2 Å². The second kappa shape index (κ2) is 9.51. The number of Topliss-reactive ketones (excluding diaryl/α,β-unsaturated/α-hetero) is 1. The van der Waals surface area contributed by atoms with Gasteiger partial charge in [-0.2, -0.15) is 0 Å². The maximum atomic E-state index is 13.2.